The number of rotatable bonds is 8. The van der Waals surface area contributed by atoms with Crippen LogP contribution < -0.4 is 14.8 Å². The van der Waals surface area contributed by atoms with Crippen LogP contribution in [0.2, 0.25) is 0 Å². The van der Waals surface area contributed by atoms with E-state index in [1.54, 1.807) is 13.3 Å². The maximum Gasteiger partial charge on any atom is 0.119 e. The Balaban J connectivity index is 1.53. The van der Waals surface area contributed by atoms with Gasteiger partial charge in [0.2, 0.25) is 0 Å². The highest BCUT2D eigenvalue weighted by Crippen LogP contribution is 2.21. The number of methoxy groups -OCH3 is 1. The van der Waals surface area contributed by atoms with Crippen molar-refractivity contribution in [1.29, 1.82) is 0 Å². The van der Waals surface area contributed by atoms with Crippen LogP contribution in [-0.2, 0) is 0 Å². The van der Waals surface area contributed by atoms with Gasteiger partial charge < -0.3 is 14.8 Å². The van der Waals surface area contributed by atoms with Gasteiger partial charge in [-0.2, -0.15) is 5.10 Å². The van der Waals surface area contributed by atoms with Gasteiger partial charge in [0.25, 0.3) is 0 Å². The molecule has 0 aliphatic heterocycles. The molecule has 0 radical (unpaired) electrons. The summed E-state index contributed by atoms with van der Waals surface area (Å²) in [6.07, 6.45) is 3.75. The number of benzene rings is 2. The van der Waals surface area contributed by atoms with Crippen molar-refractivity contribution in [3.8, 4) is 17.2 Å². The normalized spacial score (nSPS) is 11.9. The lowest BCUT2D eigenvalue weighted by Crippen LogP contribution is -2.25. The minimum Gasteiger partial charge on any atom is -0.497 e. The van der Waals surface area contributed by atoms with Gasteiger partial charge in [-0.15, -0.1) is 0 Å². The van der Waals surface area contributed by atoms with Gasteiger partial charge in [-0.1, -0.05) is 18.2 Å². The van der Waals surface area contributed by atoms with Crippen molar-refractivity contribution in [3.05, 3.63) is 72.6 Å². The lowest BCUT2D eigenvalue weighted by molar-refractivity contribution is 0.307. The first kappa shape index (κ1) is 17.0. The molecule has 2 aromatic carbocycles. The van der Waals surface area contributed by atoms with Crippen molar-refractivity contribution in [2.45, 2.75) is 13.0 Å². The Morgan fingerprint density at radius 3 is 2.52 bits per heavy atom. The molecule has 3 rings (SSSR count). The second kappa shape index (κ2) is 8.35. The quantitative estimate of drug-likeness (QED) is 0.638. The van der Waals surface area contributed by atoms with E-state index < -0.39 is 0 Å². The fourth-order valence-electron chi connectivity index (χ4n) is 2.70. The minimum absolute atomic E-state index is 0.194. The van der Waals surface area contributed by atoms with E-state index >= 15 is 0 Å². The van der Waals surface area contributed by atoms with E-state index in [1.165, 1.54) is 5.56 Å². The highest BCUT2D eigenvalue weighted by molar-refractivity contribution is 5.42. The van der Waals surface area contributed by atoms with Gasteiger partial charge in [-0.05, 0) is 48.9 Å². The number of hydrogen-bond acceptors (Lipinski definition) is 4. The average Bonchev–Trinajstić information content (AvgIpc) is 3.20. The summed E-state index contributed by atoms with van der Waals surface area (Å²) < 4.78 is 12.8. The molecule has 0 aliphatic rings. The molecule has 0 bridgehead atoms. The number of nitrogens with zero attached hydrogens (tertiary/aromatic N) is 2. The van der Waals surface area contributed by atoms with E-state index in [-0.39, 0.29) is 6.04 Å². The van der Waals surface area contributed by atoms with Crippen LogP contribution in [0.15, 0.2) is 67.0 Å². The highest BCUT2D eigenvalue weighted by Gasteiger charge is 2.11. The summed E-state index contributed by atoms with van der Waals surface area (Å²) in [5.41, 5.74) is 2.29. The number of nitrogens with one attached hydrogen (secondary N) is 1. The zero-order valence-electron chi connectivity index (χ0n) is 14.6. The molecule has 1 heterocycles. The fraction of sp³-hybridized carbons (Fsp3) is 0.250. The molecule has 25 heavy (non-hydrogen) atoms. The number of aromatic nitrogens is 2. The second-order valence-electron chi connectivity index (χ2n) is 5.71. The molecule has 0 amide bonds. The van der Waals surface area contributed by atoms with Gasteiger partial charge in [0.1, 0.15) is 18.1 Å². The van der Waals surface area contributed by atoms with E-state index in [0.717, 1.165) is 23.7 Å². The predicted octanol–water partition coefficient (Wildman–Crippen LogP) is 3.61. The zero-order valence-corrected chi connectivity index (χ0v) is 14.6. The third kappa shape index (κ3) is 4.39. The summed E-state index contributed by atoms with van der Waals surface area (Å²) in [4.78, 5) is 0. The first-order chi connectivity index (χ1) is 12.3. The third-order valence-corrected chi connectivity index (χ3v) is 4.04. The van der Waals surface area contributed by atoms with Crippen LogP contribution in [0, 0.1) is 0 Å². The molecule has 1 aromatic heterocycles. The molecule has 3 aromatic rings. The van der Waals surface area contributed by atoms with Crippen molar-refractivity contribution >= 4 is 0 Å². The molecule has 0 saturated heterocycles. The van der Waals surface area contributed by atoms with Crippen LogP contribution in [0.3, 0.4) is 0 Å². The van der Waals surface area contributed by atoms with Crippen LogP contribution >= 0.6 is 0 Å². The fourth-order valence-corrected chi connectivity index (χ4v) is 2.70. The summed E-state index contributed by atoms with van der Waals surface area (Å²) in [6, 6.07) is 18.0. The Morgan fingerprint density at radius 2 is 1.80 bits per heavy atom. The molecule has 0 saturated carbocycles. The van der Waals surface area contributed by atoms with Gasteiger partial charge in [-0.3, -0.25) is 0 Å². The first-order valence-corrected chi connectivity index (χ1v) is 8.37. The van der Waals surface area contributed by atoms with Gasteiger partial charge in [-0.25, -0.2) is 4.68 Å². The third-order valence-electron chi connectivity index (χ3n) is 4.04. The van der Waals surface area contributed by atoms with Crippen molar-refractivity contribution < 1.29 is 9.47 Å². The maximum absolute atomic E-state index is 5.76. The smallest absolute Gasteiger partial charge is 0.119 e. The van der Waals surface area contributed by atoms with Gasteiger partial charge in [0.15, 0.2) is 0 Å². The number of hydrogen-bond donors (Lipinski definition) is 1. The maximum atomic E-state index is 5.76. The summed E-state index contributed by atoms with van der Waals surface area (Å²) in [5, 5.41) is 7.84. The van der Waals surface area contributed by atoms with E-state index in [9.17, 15) is 0 Å². The summed E-state index contributed by atoms with van der Waals surface area (Å²) in [7, 11) is 1.66. The summed E-state index contributed by atoms with van der Waals surface area (Å²) >= 11 is 0. The van der Waals surface area contributed by atoms with Gasteiger partial charge >= 0.3 is 0 Å². The monoisotopic (exact) mass is 337 g/mol. The van der Waals surface area contributed by atoms with E-state index in [1.807, 2.05) is 53.3 Å². The highest BCUT2D eigenvalue weighted by atomic mass is 16.5. The summed E-state index contributed by atoms with van der Waals surface area (Å²) in [6.45, 7) is 3.50. The number of para-hydroxylation sites is 1. The topological polar surface area (TPSA) is 48.3 Å². The molecular formula is C20H23N3O2. The van der Waals surface area contributed by atoms with E-state index in [2.05, 4.69) is 29.5 Å². The minimum atomic E-state index is 0.194. The van der Waals surface area contributed by atoms with Crippen LogP contribution in [0.25, 0.3) is 5.69 Å². The largest absolute Gasteiger partial charge is 0.497 e. The Kier molecular flexibility index (Phi) is 5.69. The molecule has 130 valence electrons. The predicted molar refractivity (Wildman–Crippen MR) is 98.5 cm³/mol. The molecule has 5 nitrogen and oxygen atoms in total. The molecule has 0 fully saturated rings. The van der Waals surface area contributed by atoms with Crippen LogP contribution in [0.1, 0.15) is 18.5 Å². The molecule has 0 aliphatic carbocycles. The van der Waals surface area contributed by atoms with Crippen LogP contribution in [-0.4, -0.2) is 30.0 Å². The van der Waals surface area contributed by atoms with E-state index in [0.29, 0.717) is 6.61 Å². The van der Waals surface area contributed by atoms with Crippen LogP contribution in [0.5, 0.6) is 11.5 Å². The Bertz CT molecular complexity index is 770. The Labute approximate surface area is 148 Å². The molecule has 1 N–H and O–H groups in total. The molecule has 0 spiro atoms. The van der Waals surface area contributed by atoms with Gasteiger partial charge in [0, 0.05) is 25.0 Å². The zero-order chi connectivity index (χ0) is 17.5. The molecule has 1 atom stereocenters. The molecule has 1 unspecified atom stereocenters. The Morgan fingerprint density at radius 1 is 1.04 bits per heavy atom. The molecule has 5 heteroatoms. The van der Waals surface area contributed by atoms with Gasteiger partial charge in [0.05, 0.1) is 12.8 Å². The van der Waals surface area contributed by atoms with Crippen molar-refractivity contribution in [3.63, 3.8) is 0 Å². The average molecular weight is 337 g/mol. The summed E-state index contributed by atoms with van der Waals surface area (Å²) in [5.74, 6) is 1.67. The van der Waals surface area contributed by atoms with E-state index in [4.69, 9.17) is 9.47 Å². The van der Waals surface area contributed by atoms with Crippen LogP contribution in [0.4, 0.5) is 0 Å². The number of ether oxygens (including phenoxy) is 2. The lowest BCUT2D eigenvalue weighted by atomic mass is 10.1. The lowest BCUT2D eigenvalue weighted by Gasteiger charge is -2.18. The van der Waals surface area contributed by atoms with Crippen molar-refractivity contribution in [1.82, 2.24) is 15.1 Å². The molecular weight excluding hydrogens is 314 g/mol. The Hall–Kier alpha value is -2.79. The van der Waals surface area contributed by atoms with Crippen molar-refractivity contribution in [2.24, 2.45) is 0 Å². The van der Waals surface area contributed by atoms with Crippen molar-refractivity contribution in [2.75, 3.05) is 20.3 Å². The standard InChI is InChI=1S/C20H23N3O2/c1-16(19-6-3-4-7-20(19)23-14-5-12-22-23)21-13-15-25-18-10-8-17(24-2)9-11-18/h3-12,14,16,21H,13,15H2,1-2H3. The first-order valence-electron chi connectivity index (χ1n) is 8.37. The second-order valence-corrected chi connectivity index (χ2v) is 5.71. The SMILES string of the molecule is COc1ccc(OCCNC(C)c2ccccc2-n2cccn2)cc1.